The number of nitriles is 1. The fourth-order valence-corrected chi connectivity index (χ4v) is 2.17. The van der Waals surface area contributed by atoms with Gasteiger partial charge in [-0.2, -0.15) is 5.26 Å². The quantitative estimate of drug-likeness (QED) is 0.518. The second-order valence-electron chi connectivity index (χ2n) is 6.58. The van der Waals surface area contributed by atoms with Gasteiger partial charge >= 0.3 is 0 Å². The van der Waals surface area contributed by atoms with E-state index in [0.29, 0.717) is 29.2 Å². The third-order valence-electron chi connectivity index (χ3n) is 3.93. The van der Waals surface area contributed by atoms with Crippen LogP contribution in [0.1, 0.15) is 32.8 Å². The van der Waals surface area contributed by atoms with Gasteiger partial charge in [-0.15, -0.1) is 5.01 Å². The monoisotopic (exact) mass is 332 g/mol. The lowest BCUT2D eigenvalue weighted by Crippen LogP contribution is -2.43. The maximum Gasteiger partial charge on any atom is 0.275 e. The Morgan fingerprint density at radius 1 is 1.50 bits per heavy atom. The van der Waals surface area contributed by atoms with Crippen LogP contribution in [0.25, 0.3) is 0 Å². The number of hydrogen-bond acceptors (Lipinski definition) is 4. The molecule has 0 unspecified atom stereocenters. The van der Waals surface area contributed by atoms with Crippen LogP contribution in [-0.4, -0.2) is 46.3 Å². The Balaban J connectivity index is 2.05. The highest BCUT2D eigenvalue weighted by atomic mass is 16.7. The van der Waals surface area contributed by atoms with Gasteiger partial charge in [-0.3, -0.25) is 4.79 Å². The summed E-state index contributed by atoms with van der Waals surface area (Å²) in [6.07, 6.45) is -0.314. The Bertz CT molecular complexity index is 690. The molecule has 0 spiro atoms. The van der Waals surface area contributed by atoms with Gasteiger partial charge in [-0.05, 0) is 39.0 Å². The van der Waals surface area contributed by atoms with Crippen molar-refractivity contribution >= 4 is 11.6 Å². The molecule has 8 nitrogen and oxygen atoms in total. The van der Waals surface area contributed by atoms with Crippen molar-refractivity contribution in [2.24, 2.45) is 5.28 Å². The number of hydrogen-bond donors (Lipinski definition) is 1. The standard InChI is InChI=1S/C16H22N5O3/c1-16(2,3)19(4)21(23)18-24-14-8-9-20(15(14)22)13-7-5-6-12(10-13)11-17/h5-7,10,14H,8-9H2,1-4H3,(H,18,23)/q+1/t14-/m1/s1. The first kappa shape index (κ1) is 17.5. The van der Waals surface area contributed by atoms with E-state index in [0.717, 1.165) is 0 Å². The Morgan fingerprint density at radius 2 is 2.21 bits per heavy atom. The van der Waals surface area contributed by atoms with E-state index in [1.54, 1.807) is 36.2 Å². The normalized spacial score (nSPS) is 18.5. The van der Waals surface area contributed by atoms with Crippen molar-refractivity contribution in [1.29, 1.82) is 5.26 Å². The first-order valence-electron chi connectivity index (χ1n) is 7.65. The lowest BCUT2D eigenvalue weighted by Gasteiger charge is -2.22. The number of benzene rings is 1. The van der Waals surface area contributed by atoms with Gasteiger partial charge < -0.3 is 9.74 Å². The molecule has 8 heteroatoms. The smallest absolute Gasteiger partial charge is 0.275 e. The average Bonchev–Trinajstić information content (AvgIpc) is 2.91. The van der Waals surface area contributed by atoms with Crippen LogP contribution in [0, 0.1) is 11.3 Å². The van der Waals surface area contributed by atoms with E-state index in [9.17, 15) is 10.0 Å². The molecular weight excluding hydrogens is 310 g/mol. The lowest BCUT2D eigenvalue weighted by molar-refractivity contribution is -0.946. The van der Waals surface area contributed by atoms with Crippen molar-refractivity contribution in [3.8, 4) is 6.07 Å². The van der Waals surface area contributed by atoms with E-state index in [1.807, 2.05) is 20.8 Å². The van der Waals surface area contributed by atoms with Gasteiger partial charge in [0.25, 0.3) is 16.2 Å². The highest BCUT2D eigenvalue weighted by molar-refractivity contribution is 5.98. The summed E-state index contributed by atoms with van der Waals surface area (Å²) in [6.45, 7) is 6.16. The van der Waals surface area contributed by atoms with Crippen LogP contribution in [-0.2, 0) is 9.63 Å². The molecule has 0 bridgehead atoms. The second-order valence-corrected chi connectivity index (χ2v) is 6.58. The summed E-state index contributed by atoms with van der Waals surface area (Å²) in [6, 6.07) is 8.88. The van der Waals surface area contributed by atoms with Crippen LogP contribution in [0.3, 0.4) is 0 Å². The van der Waals surface area contributed by atoms with Crippen molar-refractivity contribution in [3.05, 3.63) is 29.8 Å². The molecule has 128 valence electrons. The van der Waals surface area contributed by atoms with Crippen molar-refractivity contribution in [2.45, 2.75) is 38.8 Å². The highest BCUT2D eigenvalue weighted by Crippen LogP contribution is 2.24. The minimum atomic E-state index is -0.765. The molecule has 1 aliphatic rings. The van der Waals surface area contributed by atoms with Gasteiger partial charge in [-0.25, -0.2) is 5.21 Å². The van der Waals surface area contributed by atoms with E-state index in [1.165, 1.54) is 5.01 Å². The molecule has 1 fully saturated rings. The van der Waals surface area contributed by atoms with Crippen LogP contribution in [0.15, 0.2) is 29.5 Å². The molecule has 0 radical (unpaired) electrons. The molecule has 1 saturated heterocycles. The Morgan fingerprint density at radius 3 is 2.83 bits per heavy atom. The molecule has 1 heterocycles. The third-order valence-corrected chi connectivity index (χ3v) is 3.93. The first-order valence-corrected chi connectivity index (χ1v) is 7.65. The van der Waals surface area contributed by atoms with Gasteiger partial charge in [-0.1, -0.05) is 6.07 Å². The van der Waals surface area contributed by atoms with Crippen molar-refractivity contribution in [2.75, 3.05) is 18.5 Å². The van der Waals surface area contributed by atoms with E-state index in [2.05, 4.69) is 11.3 Å². The molecule has 0 aliphatic carbocycles. The molecule has 24 heavy (non-hydrogen) atoms. The van der Waals surface area contributed by atoms with Crippen molar-refractivity contribution in [1.82, 2.24) is 5.01 Å². The number of carbonyl (C=O) groups excluding carboxylic acids is 1. The maximum absolute atomic E-state index is 12.4. The molecule has 0 saturated carbocycles. The number of amides is 1. The van der Waals surface area contributed by atoms with Crippen LogP contribution in [0.5, 0.6) is 0 Å². The highest BCUT2D eigenvalue weighted by Gasteiger charge is 2.36. The summed E-state index contributed by atoms with van der Waals surface area (Å²) < 4.78 is 0. The zero-order chi connectivity index (χ0) is 17.9. The minimum absolute atomic E-state index is 0.249. The zero-order valence-corrected chi connectivity index (χ0v) is 14.3. The third kappa shape index (κ3) is 3.74. The summed E-state index contributed by atoms with van der Waals surface area (Å²) in [7, 11) is 1.66. The number of hydrazine groups is 1. The fraction of sp³-hybridized carbons (Fsp3) is 0.500. The minimum Gasteiger partial charge on any atom is -0.329 e. The second kappa shape index (κ2) is 6.74. The maximum atomic E-state index is 12.4. The van der Waals surface area contributed by atoms with Gasteiger partial charge in [0, 0.05) is 18.7 Å². The van der Waals surface area contributed by atoms with Gasteiger partial charge in [0.2, 0.25) is 6.10 Å². The van der Waals surface area contributed by atoms with Crippen LogP contribution in [0.4, 0.5) is 5.69 Å². The summed E-state index contributed by atoms with van der Waals surface area (Å²) in [4.78, 5) is 19.8. The fourth-order valence-electron chi connectivity index (χ4n) is 2.17. The predicted molar refractivity (Wildman–Crippen MR) is 85.0 cm³/mol. The van der Waals surface area contributed by atoms with Gasteiger partial charge in [0.1, 0.15) is 0 Å². The Labute approximate surface area is 141 Å². The average molecular weight is 332 g/mol. The zero-order valence-electron chi connectivity index (χ0n) is 14.3. The Kier molecular flexibility index (Phi) is 4.93. The van der Waals surface area contributed by atoms with Crippen LogP contribution >= 0.6 is 0 Å². The molecule has 1 atom stereocenters. The lowest BCUT2D eigenvalue weighted by atomic mass is 10.1. The Hall–Kier alpha value is -2.82. The molecule has 1 aromatic rings. The van der Waals surface area contributed by atoms with Gasteiger partial charge in [0.15, 0.2) is 0 Å². The summed E-state index contributed by atoms with van der Waals surface area (Å²) in [5.41, 5.74) is 0.783. The van der Waals surface area contributed by atoms with Crippen LogP contribution in [0.2, 0.25) is 0 Å². The largest absolute Gasteiger partial charge is 0.329 e. The number of nitrogens with zero attached hydrogens (tertiary/aromatic N) is 5. The molecule has 1 aromatic carbocycles. The predicted octanol–water partition coefficient (Wildman–Crippen LogP) is 2.09. The van der Waals surface area contributed by atoms with Crippen molar-refractivity contribution < 1.29 is 19.8 Å². The van der Waals surface area contributed by atoms with Crippen LogP contribution < -0.4 is 4.90 Å². The topological polar surface area (TPSA) is 92.2 Å². The van der Waals surface area contributed by atoms with E-state index < -0.39 is 6.10 Å². The molecule has 1 amide bonds. The van der Waals surface area contributed by atoms with E-state index in [-0.39, 0.29) is 11.4 Å². The number of carbonyl (C=O) groups is 1. The van der Waals surface area contributed by atoms with Crippen molar-refractivity contribution in [3.63, 3.8) is 0 Å². The van der Waals surface area contributed by atoms with E-state index >= 15 is 0 Å². The molecule has 1 aliphatic heterocycles. The number of rotatable bonds is 4. The number of anilines is 1. The SMILES string of the molecule is CN(/[N+](O)=N/O[C@@H]1CCN(c2cccc(C#N)c2)C1=O)C(C)(C)C. The summed E-state index contributed by atoms with van der Waals surface area (Å²) >= 11 is 0. The summed E-state index contributed by atoms with van der Waals surface area (Å²) in [5, 5.41) is 23.9. The van der Waals surface area contributed by atoms with E-state index in [4.69, 9.17) is 10.1 Å². The molecule has 2 rings (SSSR count). The summed E-state index contributed by atoms with van der Waals surface area (Å²) in [5.74, 6) is -0.249. The van der Waals surface area contributed by atoms with Gasteiger partial charge in [0.05, 0.1) is 24.2 Å². The first-order chi connectivity index (χ1) is 11.2. The molecule has 0 aromatic heterocycles. The molecule has 1 N–H and O–H groups in total. The molecular formula is C16H22N5O3+.